The molecular weight excluding hydrogens is 272 g/mol. The second-order valence-electron chi connectivity index (χ2n) is 6.17. The molecule has 0 unspecified atom stereocenters. The van der Waals surface area contributed by atoms with Crippen LogP contribution in [0, 0.1) is 0 Å². The van der Waals surface area contributed by atoms with Crippen molar-refractivity contribution in [2.24, 2.45) is 0 Å². The first kappa shape index (κ1) is 17.6. The largest absolute Gasteiger partial charge is 0.459 e. The molecule has 2 atom stereocenters. The number of benzene rings is 1. The van der Waals surface area contributed by atoms with Gasteiger partial charge in [-0.1, -0.05) is 18.2 Å². The van der Waals surface area contributed by atoms with Crippen molar-refractivity contribution in [2.45, 2.75) is 50.9 Å². The summed E-state index contributed by atoms with van der Waals surface area (Å²) in [5.41, 5.74) is -2.09. The maximum absolute atomic E-state index is 11.8. The molecule has 0 saturated carbocycles. The normalized spacial score (nSPS) is 16.1. The Bertz CT molecular complexity index is 447. The second-order valence-corrected chi connectivity index (χ2v) is 6.17. The maximum atomic E-state index is 11.8. The van der Waals surface area contributed by atoms with Gasteiger partial charge in [0.2, 0.25) is 0 Å². The van der Waals surface area contributed by atoms with Gasteiger partial charge in [0.25, 0.3) is 0 Å². The van der Waals surface area contributed by atoms with Gasteiger partial charge in [-0.15, -0.1) is 0 Å². The zero-order chi connectivity index (χ0) is 16.1. The number of aliphatic hydroxyl groups excluding tert-OH is 1. The van der Waals surface area contributed by atoms with Gasteiger partial charge in [0.15, 0.2) is 0 Å². The van der Waals surface area contributed by atoms with E-state index in [0.29, 0.717) is 12.0 Å². The van der Waals surface area contributed by atoms with Crippen LogP contribution in [0.3, 0.4) is 0 Å². The molecule has 1 aromatic rings. The van der Waals surface area contributed by atoms with Crippen LogP contribution in [0.1, 0.15) is 44.0 Å². The lowest BCUT2D eigenvalue weighted by Gasteiger charge is -2.30. The van der Waals surface area contributed by atoms with Crippen molar-refractivity contribution in [1.82, 2.24) is 0 Å². The number of carbonyl (C=O) groups excluding carboxylic acids is 1. The Morgan fingerprint density at radius 3 is 2.29 bits per heavy atom. The topological polar surface area (TPSA) is 87.0 Å². The lowest BCUT2D eigenvalue weighted by atomic mass is 9.92. The van der Waals surface area contributed by atoms with Crippen molar-refractivity contribution in [3.63, 3.8) is 0 Å². The lowest BCUT2D eigenvalue weighted by Crippen LogP contribution is -2.45. The fourth-order valence-corrected chi connectivity index (χ4v) is 1.77. The number of hydrogen-bond donors (Lipinski definition) is 3. The van der Waals surface area contributed by atoms with Crippen molar-refractivity contribution in [3.8, 4) is 0 Å². The van der Waals surface area contributed by atoms with Crippen LogP contribution in [-0.2, 0) is 4.74 Å². The molecule has 0 amide bonds. The zero-order valence-corrected chi connectivity index (χ0v) is 12.7. The van der Waals surface area contributed by atoms with Crippen LogP contribution < -0.4 is 0 Å². The highest BCUT2D eigenvalue weighted by Crippen LogP contribution is 2.20. The first-order chi connectivity index (χ1) is 9.62. The van der Waals surface area contributed by atoms with Gasteiger partial charge in [-0.05, 0) is 45.7 Å². The fourth-order valence-electron chi connectivity index (χ4n) is 1.77. The molecule has 118 valence electrons. The minimum atomic E-state index is -1.56. The third kappa shape index (κ3) is 6.25. The van der Waals surface area contributed by atoms with E-state index in [4.69, 9.17) is 4.74 Å². The molecule has 1 aromatic carbocycles. The van der Waals surface area contributed by atoms with Gasteiger partial charge in [-0.25, -0.2) is 4.79 Å². The van der Waals surface area contributed by atoms with Crippen LogP contribution in [0.2, 0.25) is 0 Å². The van der Waals surface area contributed by atoms with Gasteiger partial charge < -0.3 is 20.1 Å². The van der Waals surface area contributed by atoms with Gasteiger partial charge >= 0.3 is 5.97 Å². The van der Waals surface area contributed by atoms with Crippen LogP contribution in [0.5, 0.6) is 0 Å². The predicted octanol–water partition coefficient (Wildman–Crippen LogP) is 1.51. The summed E-state index contributed by atoms with van der Waals surface area (Å²) in [6.45, 7) is 4.35. The molecule has 21 heavy (non-hydrogen) atoms. The number of rotatable bonds is 7. The first-order valence-corrected chi connectivity index (χ1v) is 6.97. The Morgan fingerprint density at radius 1 is 1.19 bits per heavy atom. The molecule has 1 rings (SSSR count). The number of ether oxygens (including phenoxy) is 1. The van der Waals surface area contributed by atoms with Crippen LogP contribution in [0.4, 0.5) is 0 Å². The third-order valence-electron chi connectivity index (χ3n) is 3.25. The average Bonchev–Trinajstić information content (AvgIpc) is 2.42. The van der Waals surface area contributed by atoms with E-state index in [1.165, 1.54) is 6.92 Å². The molecule has 3 N–H and O–H groups in total. The fraction of sp³-hybridized carbons (Fsp3) is 0.562. The Labute approximate surface area is 125 Å². The van der Waals surface area contributed by atoms with E-state index in [-0.39, 0.29) is 13.0 Å². The molecule has 0 aliphatic carbocycles. The van der Waals surface area contributed by atoms with E-state index in [0.717, 1.165) is 0 Å². The molecule has 0 aliphatic rings. The molecule has 0 aromatic heterocycles. The predicted molar refractivity (Wildman–Crippen MR) is 78.9 cm³/mol. The van der Waals surface area contributed by atoms with Crippen LogP contribution in [0.25, 0.3) is 0 Å². The summed E-state index contributed by atoms with van der Waals surface area (Å²) in [7, 11) is 0. The third-order valence-corrected chi connectivity index (χ3v) is 3.25. The number of esters is 1. The Hall–Kier alpha value is -1.43. The van der Waals surface area contributed by atoms with Crippen molar-refractivity contribution in [1.29, 1.82) is 0 Å². The Kier molecular flexibility index (Phi) is 5.89. The van der Waals surface area contributed by atoms with Gasteiger partial charge in [-0.3, -0.25) is 0 Å². The molecule has 5 heteroatoms. The van der Waals surface area contributed by atoms with Gasteiger partial charge in [0.05, 0.1) is 17.3 Å². The molecule has 0 radical (unpaired) electrons. The monoisotopic (exact) mass is 296 g/mol. The summed E-state index contributed by atoms with van der Waals surface area (Å²) in [5, 5.41) is 29.8. The summed E-state index contributed by atoms with van der Waals surface area (Å²) in [6, 6.07) is 8.44. The molecule has 0 saturated heterocycles. The molecule has 0 bridgehead atoms. The van der Waals surface area contributed by atoms with Gasteiger partial charge in [0.1, 0.15) is 12.2 Å². The maximum Gasteiger partial charge on any atom is 0.338 e. The van der Waals surface area contributed by atoms with Crippen LogP contribution >= 0.6 is 0 Å². The van der Waals surface area contributed by atoms with E-state index in [1.54, 1.807) is 44.2 Å². The summed E-state index contributed by atoms with van der Waals surface area (Å²) in [4.78, 5) is 11.8. The van der Waals surface area contributed by atoms with E-state index >= 15 is 0 Å². The Balaban J connectivity index is 2.50. The van der Waals surface area contributed by atoms with E-state index in [9.17, 15) is 20.1 Å². The molecule has 5 nitrogen and oxygen atoms in total. The molecule has 0 heterocycles. The van der Waals surface area contributed by atoms with Crippen LogP contribution in [-0.4, -0.2) is 45.2 Å². The zero-order valence-electron chi connectivity index (χ0n) is 12.7. The highest BCUT2D eigenvalue weighted by molar-refractivity contribution is 5.89. The smallest absolute Gasteiger partial charge is 0.338 e. The molecule has 0 fully saturated rings. The number of aliphatic hydroxyl groups is 3. The van der Waals surface area contributed by atoms with Gasteiger partial charge in [-0.2, -0.15) is 0 Å². The summed E-state index contributed by atoms with van der Waals surface area (Å²) < 4.78 is 5.03. The van der Waals surface area contributed by atoms with Crippen molar-refractivity contribution in [2.75, 3.05) is 6.61 Å². The second kappa shape index (κ2) is 7.02. The summed E-state index contributed by atoms with van der Waals surface area (Å²) >= 11 is 0. The number of carbonyl (C=O) groups is 1. The highest BCUT2D eigenvalue weighted by Gasteiger charge is 2.33. The average molecular weight is 296 g/mol. The first-order valence-electron chi connectivity index (χ1n) is 6.97. The lowest BCUT2D eigenvalue weighted by molar-refractivity contribution is -0.104. The summed E-state index contributed by atoms with van der Waals surface area (Å²) in [6.07, 6.45) is -0.552. The molecule has 0 spiro atoms. The highest BCUT2D eigenvalue weighted by atomic mass is 16.5. The van der Waals surface area contributed by atoms with Crippen molar-refractivity contribution in [3.05, 3.63) is 35.9 Å². The van der Waals surface area contributed by atoms with Crippen molar-refractivity contribution < 1.29 is 24.9 Å². The van der Waals surface area contributed by atoms with E-state index in [1.807, 2.05) is 0 Å². The van der Waals surface area contributed by atoms with Crippen molar-refractivity contribution >= 4 is 5.97 Å². The SMILES string of the molecule is CC(C)(O)CC[C@H](O)[C@@](C)(O)COC(=O)c1ccccc1. The minimum Gasteiger partial charge on any atom is -0.459 e. The van der Waals surface area contributed by atoms with E-state index in [2.05, 4.69) is 0 Å². The van der Waals surface area contributed by atoms with Gasteiger partial charge in [0, 0.05) is 0 Å². The number of hydrogen-bond acceptors (Lipinski definition) is 5. The standard InChI is InChI=1S/C16H24O5/c1-15(2,19)10-9-13(17)16(3,20)11-21-14(18)12-7-5-4-6-8-12/h4-8,13,17,19-20H,9-11H2,1-3H3/t13-,16-/m0/s1. The minimum absolute atomic E-state index is 0.208. The Morgan fingerprint density at radius 2 is 1.76 bits per heavy atom. The molecule has 0 aliphatic heterocycles. The quantitative estimate of drug-likeness (QED) is 0.664. The van der Waals surface area contributed by atoms with E-state index < -0.39 is 23.3 Å². The summed E-state index contributed by atoms with van der Waals surface area (Å²) in [5.74, 6) is -0.550. The molecular formula is C16H24O5. The van der Waals surface area contributed by atoms with Crippen LogP contribution in [0.15, 0.2) is 30.3 Å².